The van der Waals surface area contributed by atoms with E-state index in [2.05, 4.69) is 4.72 Å². The molecular formula is C11H16F2N2O3S. The molecule has 0 heterocycles. The maximum atomic E-state index is 13.5. The SMILES string of the molecule is CC(O)C(C)(C)NS(=O)(=O)c1cc(N)cc(F)c1F. The van der Waals surface area contributed by atoms with Crippen LogP contribution in [0.4, 0.5) is 14.5 Å². The fourth-order valence-corrected chi connectivity index (χ4v) is 2.86. The Labute approximate surface area is 110 Å². The molecule has 0 radical (unpaired) electrons. The molecule has 0 bridgehead atoms. The van der Waals surface area contributed by atoms with Crippen molar-refractivity contribution in [2.75, 3.05) is 5.73 Å². The van der Waals surface area contributed by atoms with Gasteiger partial charge in [-0.1, -0.05) is 0 Å². The van der Waals surface area contributed by atoms with E-state index < -0.39 is 38.2 Å². The van der Waals surface area contributed by atoms with E-state index in [4.69, 9.17) is 5.73 Å². The lowest BCUT2D eigenvalue weighted by Crippen LogP contribution is -2.51. The van der Waals surface area contributed by atoms with E-state index in [1.165, 1.54) is 20.8 Å². The van der Waals surface area contributed by atoms with Gasteiger partial charge < -0.3 is 10.8 Å². The second-order valence-electron chi connectivity index (χ2n) is 4.82. The van der Waals surface area contributed by atoms with Crippen molar-refractivity contribution in [1.82, 2.24) is 4.72 Å². The van der Waals surface area contributed by atoms with Crippen molar-refractivity contribution in [2.45, 2.75) is 37.3 Å². The number of aliphatic hydroxyl groups excluding tert-OH is 1. The first-order valence-electron chi connectivity index (χ1n) is 5.44. The number of hydrogen-bond acceptors (Lipinski definition) is 4. The highest BCUT2D eigenvalue weighted by Gasteiger charge is 2.32. The molecule has 1 aromatic carbocycles. The molecule has 0 saturated carbocycles. The van der Waals surface area contributed by atoms with Crippen LogP contribution in [0.3, 0.4) is 0 Å². The van der Waals surface area contributed by atoms with Crippen LogP contribution in [-0.2, 0) is 10.0 Å². The van der Waals surface area contributed by atoms with Gasteiger partial charge in [0.25, 0.3) is 0 Å². The van der Waals surface area contributed by atoms with Gasteiger partial charge in [0.15, 0.2) is 11.6 Å². The van der Waals surface area contributed by atoms with E-state index in [0.717, 1.165) is 6.07 Å². The number of halogens is 2. The van der Waals surface area contributed by atoms with Gasteiger partial charge in [-0.2, -0.15) is 0 Å². The standard InChI is InChI=1S/C11H16F2N2O3S/c1-6(16)11(2,3)15-19(17,18)9-5-7(14)4-8(12)10(9)13/h4-6,15-16H,14H2,1-3H3. The normalized spacial score (nSPS) is 14.4. The minimum atomic E-state index is -4.34. The third kappa shape index (κ3) is 3.40. The Morgan fingerprint density at radius 3 is 2.37 bits per heavy atom. The molecule has 0 saturated heterocycles. The van der Waals surface area contributed by atoms with Gasteiger partial charge in [-0.3, -0.25) is 0 Å². The molecule has 0 aliphatic heterocycles. The molecule has 19 heavy (non-hydrogen) atoms. The molecule has 8 heteroatoms. The Bertz CT molecular complexity index is 586. The van der Waals surface area contributed by atoms with Crippen LogP contribution in [0.15, 0.2) is 17.0 Å². The molecule has 0 aliphatic carbocycles. The number of hydrogen-bond donors (Lipinski definition) is 3. The van der Waals surface area contributed by atoms with Crippen molar-refractivity contribution < 1.29 is 22.3 Å². The van der Waals surface area contributed by atoms with E-state index in [-0.39, 0.29) is 5.69 Å². The van der Waals surface area contributed by atoms with E-state index in [1.807, 2.05) is 0 Å². The number of benzene rings is 1. The highest BCUT2D eigenvalue weighted by molar-refractivity contribution is 7.89. The minimum Gasteiger partial charge on any atom is -0.399 e. The van der Waals surface area contributed by atoms with E-state index in [9.17, 15) is 22.3 Å². The average Bonchev–Trinajstić information content (AvgIpc) is 2.21. The smallest absolute Gasteiger partial charge is 0.244 e. The fourth-order valence-electron chi connectivity index (χ4n) is 1.27. The third-order valence-corrected chi connectivity index (χ3v) is 4.42. The first kappa shape index (κ1) is 15.8. The van der Waals surface area contributed by atoms with Crippen molar-refractivity contribution in [1.29, 1.82) is 0 Å². The topological polar surface area (TPSA) is 92.4 Å². The molecule has 108 valence electrons. The summed E-state index contributed by atoms with van der Waals surface area (Å²) < 4.78 is 52.8. The Balaban J connectivity index is 3.30. The number of anilines is 1. The van der Waals surface area contributed by atoms with Gasteiger partial charge in [0, 0.05) is 5.69 Å². The van der Waals surface area contributed by atoms with Crippen molar-refractivity contribution in [3.8, 4) is 0 Å². The number of nitrogen functional groups attached to an aromatic ring is 1. The van der Waals surface area contributed by atoms with Crippen LogP contribution in [0.5, 0.6) is 0 Å². The number of nitrogens with two attached hydrogens (primary N) is 1. The summed E-state index contributed by atoms with van der Waals surface area (Å²) in [6.07, 6.45) is -1.03. The maximum absolute atomic E-state index is 13.5. The van der Waals surface area contributed by atoms with Crippen LogP contribution in [0.1, 0.15) is 20.8 Å². The summed E-state index contributed by atoms with van der Waals surface area (Å²) in [7, 11) is -4.34. The Morgan fingerprint density at radius 2 is 1.89 bits per heavy atom. The molecule has 5 nitrogen and oxygen atoms in total. The van der Waals surface area contributed by atoms with Gasteiger partial charge in [0.1, 0.15) is 4.90 Å². The van der Waals surface area contributed by atoms with Crippen LogP contribution in [0.2, 0.25) is 0 Å². The summed E-state index contributed by atoms with van der Waals surface area (Å²) in [4.78, 5) is -0.890. The predicted octanol–water partition coefficient (Wildman–Crippen LogP) is 0.985. The summed E-state index contributed by atoms with van der Waals surface area (Å²) in [6.45, 7) is 4.20. The van der Waals surface area contributed by atoms with Gasteiger partial charge in [0.2, 0.25) is 10.0 Å². The first-order valence-corrected chi connectivity index (χ1v) is 6.92. The number of aliphatic hydroxyl groups is 1. The molecule has 0 aromatic heterocycles. The lowest BCUT2D eigenvalue weighted by atomic mass is 10.0. The van der Waals surface area contributed by atoms with Crippen molar-refractivity contribution in [2.24, 2.45) is 0 Å². The number of nitrogens with one attached hydrogen (secondary N) is 1. The maximum Gasteiger partial charge on any atom is 0.244 e. The molecule has 4 N–H and O–H groups in total. The predicted molar refractivity (Wildman–Crippen MR) is 66.9 cm³/mol. The molecule has 0 fully saturated rings. The summed E-state index contributed by atoms with van der Waals surface area (Å²) in [5.41, 5.74) is 3.84. The van der Waals surface area contributed by atoms with Gasteiger partial charge in [0.05, 0.1) is 11.6 Å². The minimum absolute atomic E-state index is 0.214. The number of sulfonamides is 1. The number of rotatable bonds is 4. The fraction of sp³-hybridized carbons (Fsp3) is 0.455. The Hall–Kier alpha value is -1.25. The van der Waals surface area contributed by atoms with Crippen LogP contribution < -0.4 is 10.5 Å². The second kappa shape index (κ2) is 5.03. The van der Waals surface area contributed by atoms with Gasteiger partial charge in [-0.05, 0) is 32.9 Å². The second-order valence-corrected chi connectivity index (χ2v) is 6.47. The van der Waals surface area contributed by atoms with E-state index >= 15 is 0 Å². The largest absolute Gasteiger partial charge is 0.399 e. The summed E-state index contributed by atoms with van der Waals surface area (Å²) in [5.74, 6) is -2.86. The van der Waals surface area contributed by atoms with E-state index in [1.54, 1.807) is 0 Å². The highest BCUT2D eigenvalue weighted by Crippen LogP contribution is 2.23. The van der Waals surface area contributed by atoms with Crippen molar-refractivity contribution >= 4 is 15.7 Å². The average molecular weight is 294 g/mol. The van der Waals surface area contributed by atoms with Crippen LogP contribution in [-0.4, -0.2) is 25.2 Å². The van der Waals surface area contributed by atoms with Gasteiger partial charge in [-0.15, -0.1) is 0 Å². The Kier molecular flexibility index (Phi) is 4.18. The lowest BCUT2D eigenvalue weighted by Gasteiger charge is -2.29. The lowest BCUT2D eigenvalue weighted by molar-refractivity contribution is 0.111. The molecule has 1 unspecified atom stereocenters. The van der Waals surface area contributed by atoms with Crippen LogP contribution in [0, 0.1) is 11.6 Å². The molecule has 0 spiro atoms. The van der Waals surface area contributed by atoms with Gasteiger partial charge >= 0.3 is 0 Å². The molecule has 1 atom stereocenters. The van der Waals surface area contributed by atoms with E-state index in [0.29, 0.717) is 6.07 Å². The molecule has 0 aliphatic rings. The van der Waals surface area contributed by atoms with Gasteiger partial charge in [-0.25, -0.2) is 21.9 Å². The summed E-state index contributed by atoms with van der Waals surface area (Å²) in [5, 5.41) is 9.45. The summed E-state index contributed by atoms with van der Waals surface area (Å²) >= 11 is 0. The molecule has 0 amide bonds. The zero-order valence-corrected chi connectivity index (χ0v) is 11.6. The van der Waals surface area contributed by atoms with Crippen molar-refractivity contribution in [3.63, 3.8) is 0 Å². The monoisotopic (exact) mass is 294 g/mol. The molecule has 1 rings (SSSR count). The first-order chi connectivity index (χ1) is 8.47. The highest BCUT2D eigenvalue weighted by atomic mass is 32.2. The quantitative estimate of drug-likeness (QED) is 0.722. The zero-order chi connectivity index (χ0) is 15.0. The molecular weight excluding hydrogens is 278 g/mol. The Morgan fingerprint density at radius 1 is 1.37 bits per heavy atom. The molecule has 1 aromatic rings. The van der Waals surface area contributed by atoms with Crippen molar-refractivity contribution in [3.05, 3.63) is 23.8 Å². The van der Waals surface area contributed by atoms with Crippen LogP contribution in [0.25, 0.3) is 0 Å². The zero-order valence-electron chi connectivity index (χ0n) is 10.7. The third-order valence-electron chi connectivity index (χ3n) is 2.75. The summed E-state index contributed by atoms with van der Waals surface area (Å²) in [6, 6.07) is 1.51. The van der Waals surface area contributed by atoms with Crippen LogP contribution >= 0.6 is 0 Å².